The average Bonchev–Trinajstić information content (AvgIpc) is 3.45. The van der Waals surface area contributed by atoms with Crippen LogP contribution < -0.4 is 20.1 Å². The summed E-state index contributed by atoms with van der Waals surface area (Å²) in [5.74, 6) is 1.14. The minimum Gasteiger partial charge on any atom is -0.489 e. The van der Waals surface area contributed by atoms with Gasteiger partial charge in [0.15, 0.2) is 0 Å². The highest BCUT2D eigenvalue weighted by molar-refractivity contribution is 6.03. The van der Waals surface area contributed by atoms with Crippen LogP contribution in [0.15, 0.2) is 79.3 Å². The van der Waals surface area contributed by atoms with E-state index in [-0.39, 0.29) is 24.4 Å². The molecule has 40 heavy (non-hydrogen) atoms. The van der Waals surface area contributed by atoms with Crippen LogP contribution >= 0.6 is 0 Å². The van der Waals surface area contributed by atoms with E-state index in [2.05, 4.69) is 20.6 Å². The topological polar surface area (TPSA) is 97.8 Å². The number of nitrogens with one attached hydrogen (secondary N) is 2. The summed E-state index contributed by atoms with van der Waals surface area (Å²) in [4.78, 5) is 23.3. The quantitative estimate of drug-likeness (QED) is 0.261. The Morgan fingerprint density at radius 1 is 1.15 bits per heavy atom. The fraction of sp³-hybridized carbons (Fsp3) is 0.233. The minimum absolute atomic E-state index is 0.105. The van der Waals surface area contributed by atoms with Crippen molar-refractivity contribution in [2.24, 2.45) is 0 Å². The van der Waals surface area contributed by atoms with Crippen LogP contribution in [0.4, 0.5) is 21.6 Å². The Balaban J connectivity index is 1.36. The lowest BCUT2D eigenvalue weighted by molar-refractivity contribution is -0.112. The Labute approximate surface area is 231 Å². The second-order valence-electron chi connectivity index (χ2n) is 9.53. The minimum atomic E-state index is -0.295. The van der Waals surface area contributed by atoms with Crippen LogP contribution in [0, 0.1) is 5.82 Å². The number of carbonyl (C=O) groups is 1. The van der Waals surface area contributed by atoms with Gasteiger partial charge in [0.05, 0.1) is 24.4 Å². The van der Waals surface area contributed by atoms with Crippen molar-refractivity contribution >= 4 is 34.0 Å². The van der Waals surface area contributed by atoms with Crippen LogP contribution in [0.5, 0.6) is 11.5 Å². The predicted octanol–water partition coefficient (Wildman–Crippen LogP) is 5.27. The van der Waals surface area contributed by atoms with Crippen LogP contribution in [0.3, 0.4) is 0 Å². The fourth-order valence-electron chi connectivity index (χ4n) is 4.12. The molecular weight excluding hydrogens is 513 g/mol. The molecule has 2 N–H and O–H groups in total. The third-order valence-electron chi connectivity index (χ3n) is 6.11. The molecule has 1 aliphatic rings. The maximum atomic E-state index is 13.4. The number of halogens is 1. The second kappa shape index (κ2) is 12.4. The van der Waals surface area contributed by atoms with Gasteiger partial charge >= 0.3 is 0 Å². The molecule has 206 valence electrons. The molecule has 5 rings (SSSR count). The number of rotatable bonds is 10. The molecular formula is C30H30FN5O4. The molecule has 1 unspecified atom stereocenters. The zero-order valence-electron chi connectivity index (χ0n) is 22.3. The fourth-order valence-corrected chi connectivity index (χ4v) is 4.12. The van der Waals surface area contributed by atoms with Crippen LogP contribution in [0.25, 0.3) is 10.9 Å². The number of hydrogen-bond donors (Lipinski definition) is 2. The molecule has 0 radical (unpaired) electrons. The number of hydrogen-bond acceptors (Lipinski definition) is 8. The molecule has 0 bridgehead atoms. The summed E-state index contributed by atoms with van der Waals surface area (Å²) in [6.45, 7) is 1.39. The van der Waals surface area contributed by atoms with Crippen molar-refractivity contribution in [3.63, 3.8) is 0 Å². The van der Waals surface area contributed by atoms with Gasteiger partial charge in [-0.05, 0) is 48.0 Å². The Morgan fingerprint density at radius 3 is 2.75 bits per heavy atom. The predicted molar refractivity (Wildman–Crippen MR) is 151 cm³/mol. The molecule has 3 aromatic carbocycles. The van der Waals surface area contributed by atoms with Gasteiger partial charge in [-0.1, -0.05) is 12.1 Å². The van der Waals surface area contributed by atoms with E-state index in [0.717, 1.165) is 17.7 Å². The van der Waals surface area contributed by atoms with E-state index >= 15 is 0 Å². The summed E-state index contributed by atoms with van der Waals surface area (Å²) >= 11 is 0. The van der Waals surface area contributed by atoms with Gasteiger partial charge < -0.3 is 29.7 Å². The molecule has 1 aliphatic heterocycles. The van der Waals surface area contributed by atoms with Gasteiger partial charge in [-0.3, -0.25) is 4.79 Å². The summed E-state index contributed by atoms with van der Waals surface area (Å²) in [6, 6.07) is 17.3. The molecule has 2 heterocycles. The first-order valence-electron chi connectivity index (χ1n) is 12.9. The number of aromatic nitrogens is 2. The summed E-state index contributed by atoms with van der Waals surface area (Å²) in [5, 5.41) is 6.94. The summed E-state index contributed by atoms with van der Waals surface area (Å²) < 4.78 is 30.8. The van der Waals surface area contributed by atoms with Crippen molar-refractivity contribution in [2.75, 3.05) is 37.9 Å². The monoisotopic (exact) mass is 543 g/mol. The standard InChI is InChI=1S/C30H30FN5O4/c1-36(2)12-10-29(37)35-27-15-25-26(16-28(27)40-24-11-13-38-18-24)32-19-33-30(25)34-22-6-8-23(9-7-22)39-17-20-4-3-5-21(31)14-20/h3-10,12,14-16,19,24H,11,13,17-18H2,1-2H3,(H,35,37)(H,32,33,34)/b12-10+. The van der Waals surface area contributed by atoms with Crippen LogP contribution in [0.2, 0.25) is 0 Å². The number of ether oxygens (including phenoxy) is 3. The van der Waals surface area contributed by atoms with Gasteiger partial charge in [-0.25, -0.2) is 14.4 Å². The van der Waals surface area contributed by atoms with Crippen LogP contribution in [-0.4, -0.2) is 54.2 Å². The van der Waals surface area contributed by atoms with E-state index in [1.54, 1.807) is 29.3 Å². The Morgan fingerprint density at radius 2 is 2.00 bits per heavy atom. The lowest BCUT2D eigenvalue weighted by atomic mass is 10.1. The number of amides is 1. The molecule has 0 saturated carbocycles. The second-order valence-corrected chi connectivity index (χ2v) is 9.53. The van der Waals surface area contributed by atoms with Crippen molar-refractivity contribution in [3.05, 3.63) is 90.6 Å². The van der Waals surface area contributed by atoms with Gasteiger partial charge in [0.25, 0.3) is 0 Å². The Bertz CT molecular complexity index is 1500. The van der Waals surface area contributed by atoms with Gasteiger partial charge in [0, 0.05) is 49.9 Å². The molecule has 0 aliphatic carbocycles. The normalized spacial score (nSPS) is 14.8. The van der Waals surface area contributed by atoms with E-state index < -0.39 is 0 Å². The van der Waals surface area contributed by atoms with Gasteiger partial charge in [-0.15, -0.1) is 0 Å². The number of fused-ring (bicyclic) bond motifs is 1. The first kappa shape index (κ1) is 26.9. The maximum absolute atomic E-state index is 13.4. The van der Waals surface area contributed by atoms with Gasteiger partial charge in [0.1, 0.15) is 42.2 Å². The lowest BCUT2D eigenvalue weighted by Crippen LogP contribution is -2.18. The average molecular weight is 544 g/mol. The van der Waals surface area contributed by atoms with E-state index in [4.69, 9.17) is 14.2 Å². The molecule has 4 aromatic rings. The van der Waals surface area contributed by atoms with Crippen molar-refractivity contribution in [3.8, 4) is 11.5 Å². The smallest absolute Gasteiger partial charge is 0.249 e. The van der Waals surface area contributed by atoms with E-state index in [0.29, 0.717) is 47.1 Å². The molecule has 1 fully saturated rings. The number of benzene rings is 3. The highest BCUT2D eigenvalue weighted by Crippen LogP contribution is 2.35. The Kier molecular flexibility index (Phi) is 8.36. The first-order valence-corrected chi connectivity index (χ1v) is 12.9. The van der Waals surface area contributed by atoms with Crippen molar-refractivity contribution in [1.82, 2.24) is 14.9 Å². The summed E-state index contributed by atoms with van der Waals surface area (Å²) in [7, 11) is 3.68. The first-order chi connectivity index (χ1) is 19.4. The SMILES string of the molecule is CN(C)/C=C/C(=O)Nc1cc2c(Nc3ccc(OCc4cccc(F)c4)cc3)ncnc2cc1OC1CCOC1. The van der Waals surface area contributed by atoms with Crippen molar-refractivity contribution < 1.29 is 23.4 Å². The zero-order chi connectivity index (χ0) is 27.9. The molecule has 9 nitrogen and oxygen atoms in total. The lowest BCUT2D eigenvalue weighted by Gasteiger charge is -2.18. The summed E-state index contributed by atoms with van der Waals surface area (Å²) in [6.07, 6.45) is 5.26. The van der Waals surface area contributed by atoms with E-state index in [9.17, 15) is 9.18 Å². The number of anilines is 3. The third kappa shape index (κ3) is 7.03. The molecule has 1 saturated heterocycles. The molecule has 10 heteroatoms. The zero-order valence-corrected chi connectivity index (χ0v) is 22.3. The third-order valence-corrected chi connectivity index (χ3v) is 6.11. The van der Waals surface area contributed by atoms with Crippen LogP contribution in [0.1, 0.15) is 12.0 Å². The van der Waals surface area contributed by atoms with E-state index in [1.165, 1.54) is 24.5 Å². The number of nitrogens with zero attached hydrogens (tertiary/aromatic N) is 3. The summed E-state index contributed by atoms with van der Waals surface area (Å²) in [5.41, 5.74) is 2.69. The number of carbonyl (C=O) groups excluding carboxylic acids is 1. The highest BCUT2D eigenvalue weighted by atomic mass is 19.1. The highest BCUT2D eigenvalue weighted by Gasteiger charge is 2.20. The molecule has 0 spiro atoms. The maximum Gasteiger partial charge on any atom is 0.249 e. The molecule has 1 atom stereocenters. The van der Waals surface area contributed by atoms with Crippen LogP contribution in [-0.2, 0) is 16.1 Å². The van der Waals surface area contributed by atoms with E-state index in [1.807, 2.05) is 44.4 Å². The van der Waals surface area contributed by atoms with Gasteiger partial charge in [-0.2, -0.15) is 0 Å². The van der Waals surface area contributed by atoms with Crippen molar-refractivity contribution in [1.29, 1.82) is 0 Å². The largest absolute Gasteiger partial charge is 0.489 e. The Hall–Kier alpha value is -4.70. The molecule has 1 aromatic heterocycles. The van der Waals surface area contributed by atoms with Gasteiger partial charge in [0.2, 0.25) is 5.91 Å². The molecule has 1 amide bonds. The van der Waals surface area contributed by atoms with Crippen molar-refractivity contribution in [2.45, 2.75) is 19.1 Å².